The first-order valence-electron chi connectivity index (χ1n) is 7.52. The Balaban J connectivity index is 2.00. The minimum Gasteiger partial charge on any atom is -0.497 e. The van der Waals surface area contributed by atoms with Gasteiger partial charge in [0.25, 0.3) is 0 Å². The van der Waals surface area contributed by atoms with Crippen LogP contribution in [0.1, 0.15) is 11.1 Å². The standard InChI is InChI=1S/C20H17NO2S/c1-23-18-12-13-19(24(22)20-9-5-6-14-21-20)17(15-18)11-10-16-7-3-2-4-8-16/h2-15H,1H3/b11-10+. The molecule has 1 atom stereocenters. The van der Waals surface area contributed by atoms with E-state index in [4.69, 9.17) is 4.74 Å². The van der Waals surface area contributed by atoms with Gasteiger partial charge in [-0.15, -0.1) is 0 Å². The van der Waals surface area contributed by atoms with Crippen LogP contribution in [0.4, 0.5) is 0 Å². The molecule has 0 fully saturated rings. The van der Waals surface area contributed by atoms with Crippen molar-refractivity contribution in [1.29, 1.82) is 0 Å². The van der Waals surface area contributed by atoms with Crippen LogP contribution in [-0.2, 0) is 10.8 Å². The molecule has 0 radical (unpaired) electrons. The largest absolute Gasteiger partial charge is 0.497 e. The molecule has 0 saturated heterocycles. The third-order valence-corrected chi connectivity index (χ3v) is 4.89. The Hall–Kier alpha value is -2.72. The molecule has 3 rings (SSSR count). The van der Waals surface area contributed by atoms with Gasteiger partial charge in [-0.2, -0.15) is 0 Å². The minimum absolute atomic E-state index is 0.539. The SMILES string of the molecule is COc1ccc(S(=O)c2ccccn2)c(/C=C/c2ccccc2)c1. The molecule has 120 valence electrons. The van der Waals surface area contributed by atoms with Crippen molar-refractivity contribution in [1.82, 2.24) is 4.98 Å². The Labute approximate surface area is 144 Å². The molecule has 0 aliphatic heterocycles. The van der Waals surface area contributed by atoms with Crippen LogP contribution < -0.4 is 4.74 Å². The maximum Gasteiger partial charge on any atom is 0.132 e. The second kappa shape index (κ2) is 7.70. The van der Waals surface area contributed by atoms with E-state index in [0.717, 1.165) is 16.9 Å². The Morgan fingerprint density at radius 1 is 0.958 bits per heavy atom. The van der Waals surface area contributed by atoms with Gasteiger partial charge in [0.2, 0.25) is 0 Å². The van der Waals surface area contributed by atoms with Gasteiger partial charge in [0.15, 0.2) is 0 Å². The summed E-state index contributed by atoms with van der Waals surface area (Å²) in [5.41, 5.74) is 1.93. The normalized spacial score (nSPS) is 12.2. The Kier molecular flexibility index (Phi) is 5.18. The summed E-state index contributed by atoms with van der Waals surface area (Å²) in [6.07, 6.45) is 5.60. The first kappa shape index (κ1) is 16.1. The first-order valence-corrected chi connectivity index (χ1v) is 8.67. The highest BCUT2D eigenvalue weighted by molar-refractivity contribution is 7.85. The summed E-state index contributed by atoms with van der Waals surface area (Å²) < 4.78 is 18.2. The number of hydrogen-bond donors (Lipinski definition) is 0. The number of benzene rings is 2. The summed E-state index contributed by atoms with van der Waals surface area (Å²) >= 11 is 0. The van der Waals surface area contributed by atoms with Crippen molar-refractivity contribution in [3.8, 4) is 5.75 Å². The second-order valence-electron chi connectivity index (χ2n) is 5.08. The zero-order valence-corrected chi connectivity index (χ0v) is 14.1. The zero-order chi connectivity index (χ0) is 16.8. The van der Waals surface area contributed by atoms with E-state index >= 15 is 0 Å². The lowest BCUT2D eigenvalue weighted by molar-refractivity contribution is 0.414. The van der Waals surface area contributed by atoms with E-state index < -0.39 is 10.8 Å². The number of hydrogen-bond acceptors (Lipinski definition) is 3. The molecule has 0 spiro atoms. The van der Waals surface area contributed by atoms with Crippen molar-refractivity contribution in [3.05, 3.63) is 84.1 Å². The van der Waals surface area contributed by atoms with Crippen LogP contribution in [0.15, 0.2) is 82.8 Å². The van der Waals surface area contributed by atoms with Crippen LogP contribution in [0.2, 0.25) is 0 Å². The number of methoxy groups -OCH3 is 1. The number of pyridine rings is 1. The van der Waals surface area contributed by atoms with Crippen molar-refractivity contribution < 1.29 is 8.95 Å². The fourth-order valence-electron chi connectivity index (χ4n) is 2.27. The predicted octanol–water partition coefficient (Wildman–Crippen LogP) is 4.43. The molecule has 0 N–H and O–H groups in total. The first-order chi connectivity index (χ1) is 11.8. The number of aromatic nitrogens is 1. The van der Waals surface area contributed by atoms with Gasteiger partial charge in [0.05, 0.1) is 12.0 Å². The van der Waals surface area contributed by atoms with Gasteiger partial charge >= 0.3 is 0 Å². The van der Waals surface area contributed by atoms with Gasteiger partial charge in [-0.05, 0) is 41.5 Å². The van der Waals surface area contributed by atoms with Gasteiger partial charge < -0.3 is 4.74 Å². The van der Waals surface area contributed by atoms with Crippen LogP contribution in [0.3, 0.4) is 0 Å². The molecule has 0 bridgehead atoms. The summed E-state index contributed by atoms with van der Waals surface area (Å²) in [4.78, 5) is 4.91. The van der Waals surface area contributed by atoms with E-state index in [2.05, 4.69) is 4.98 Å². The Morgan fingerprint density at radius 3 is 2.46 bits per heavy atom. The van der Waals surface area contributed by atoms with Gasteiger partial charge in [-0.25, -0.2) is 9.19 Å². The lowest BCUT2D eigenvalue weighted by Gasteiger charge is -2.08. The Bertz CT molecular complexity index is 861. The van der Waals surface area contributed by atoms with E-state index in [1.54, 1.807) is 19.4 Å². The van der Waals surface area contributed by atoms with E-state index in [1.807, 2.05) is 72.8 Å². The molecule has 3 aromatic rings. The van der Waals surface area contributed by atoms with Crippen LogP contribution in [0, 0.1) is 0 Å². The van der Waals surface area contributed by atoms with Crippen molar-refractivity contribution in [2.24, 2.45) is 0 Å². The summed E-state index contributed by atoms with van der Waals surface area (Å²) in [7, 11) is 0.276. The molecule has 0 aliphatic rings. The van der Waals surface area contributed by atoms with Gasteiger partial charge in [0, 0.05) is 6.20 Å². The van der Waals surface area contributed by atoms with Crippen molar-refractivity contribution >= 4 is 23.0 Å². The number of ether oxygens (including phenoxy) is 1. The van der Waals surface area contributed by atoms with Gasteiger partial charge in [-0.1, -0.05) is 48.6 Å². The lowest BCUT2D eigenvalue weighted by Crippen LogP contribution is -1.98. The molecular weight excluding hydrogens is 318 g/mol. The van der Waals surface area contributed by atoms with Gasteiger partial charge in [-0.3, -0.25) is 0 Å². The highest BCUT2D eigenvalue weighted by Gasteiger charge is 2.12. The second-order valence-corrected chi connectivity index (χ2v) is 6.48. The Morgan fingerprint density at radius 2 is 1.75 bits per heavy atom. The number of rotatable bonds is 5. The van der Waals surface area contributed by atoms with Crippen LogP contribution in [-0.4, -0.2) is 16.3 Å². The average molecular weight is 335 g/mol. The summed E-state index contributed by atoms with van der Waals surface area (Å²) in [5, 5.41) is 0.539. The maximum atomic E-state index is 12.9. The topological polar surface area (TPSA) is 39.2 Å². The molecule has 3 nitrogen and oxygen atoms in total. The summed E-state index contributed by atoms with van der Waals surface area (Å²) in [6.45, 7) is 0. The molecule has 1 unspecified atom stereocenters. The van der Waals surface area contributed by atoms with E-state index in [9.17, 15) is 4.21 Å². The zero-order valence-electron chi connectivity index (χ0n) is 13.3. The molecule has 0 amide bonds. The van der Waals surface area contributed by atoms with Crippen LogP contribution in [0.25, 0.3) is 12.2 Å². The summed E-state index contributed by atoms with van der Waals surface area (Å²) in [5.74, 6) is 0.726. The highest BCUT2D eigenvalue weighted by atomic mass is 32.2. The van der Waals surface area contributed by atoms with Crippen molar-refractivity contribution in [2.75, 3.05) is 7.11 Å². The quantitative estimate of drug-likeness (QED) is 0.648. The van der Waals surface area contributed by atoms with E-state index in [1.165, 1.54) is 0 Å². The fraction of sp³-hybridized carbons (Fsp3) is 0.0500. The van der Waals surface area contributed by atoms with Gasteiger partial charge in [0.1, 0.15) is 21.6 Å². The van der Waals surface area contributed by atoms with E-state index in [0.29, 0.717) is 9.92 Å². The molecule has 0 aliphatic carbocycles. The fourth-order valence-corrected chi connectivity index (χ4v) is 3.39. The summed E-state index contributed by atoms with van der Waals surface area (Å²) in [6, 6.07) is 20.9. The molecule has 0 saturated carbocycles. The van der Waals surface area contributed by atoms with Crippen LogP contribution in [0.5, 0.6) is 5.75 Å². The monoisotopic (exact) mass is 335 g/mol. The van der Waals surface area contributed by atoms with E-state index in [-0.39, 0.29) is 0 Å². The lowest BCUT2D eigenvalue weighted by atomic mass is 10.1. The molecule has 2 aromatic carbocycles. The molecule has 1 aromatic heterocycles. The van der Waals surface area contributed by atoms with Crippen LogP contribution >= 0.6 is 0 Å². The predicted molar refractivity (Wildman–Crippen MR) is 97.3 cm³/mol. The molecule has 24 heavy (non-hydrogen) atoms. The average Bonchev–Trinajstić information content (AvgIpc) is 2.67. The molecule has 1 heterocycles. The van der Waals surface area contributed by atoms with Crippen molar-refractivity contribution in [2.45, 2.75) is 9.92 Å². The van der Waals surface area contributed by atoms with Crippen molar-refractivity contribution in [3.63, 3.8) is 0 Å². The molecule has 4 heteroatoms. The smallest absolute Gasteiger partial charge is 0.132 e. The third kappa shape index (κ3) is 3.78. The highest BCUT2D eigenvalue weighted by Crippen LogP contribution is 2.25. The minimum atomic E-state index is -1.34. The number of nitrogens with zero attached hydrogens (tertiary/aromatic N) is 1. The maximum absolute atomic E-state index is 12.9. The molecular formula is C20H17NO2S. The third-order valence-electron chi connectivity index (χ3n) is 3.50.